The first-order valence-corrected chi connectivity index (χ1v) is 8.91. The van der Waals surface area contributed by atoms with E-state index in [1.165, 1.54) is 6.21 Å². The number of aliphatic imine (C=N–C) groups is 1. The van der Waals surface area contributed by atoms with Crippen LogP contribution in [0.1, 0.15) is 11.1 Å². The van der Waals surface area contributed by atoms with Crippen LogP contribution in [0, 0.1) is 5.92 Å². The van der Waals surface area contributed by atoms with Gasteiger partial charge in [0.15, 0.2) is 5.92 Å². The summed E-state index contributed by atoms with van der Waals surface area (Å²) in [5, 5.41) is 2.22. The van der Waals surface area contributed by atoms with E-state index in [-0.39, 0.29) is 6.54 Å². The number of amides is 4. The number of barbiturate groups is 1. The van der Waals surface area contributed by atoms with E-state index >= 15 is 0 Å². The Labute approximate surface area is 163 Å². The number of methoxy groups -OCH3 is 1. The molecule has 1 saturated heterocycles. The van der Waals surface area contributed by atoms with Crippen LogP contribution >= 0.6 is 0 Å². The van der Waals surface area contributed by atoms with Crippen LogP contribution in [0.3, 0.4) is 0 Å². The number of nitrogens with zero attached hydrogens (tertiary/aromatic N) is 2. The quantitative estimate of drug-likeness (QED) is 0.590. The number of carbonyl (C=O) groups excluding carboxylic acids is 3. The molecule has 144 valence electrons. The van der Waals surface area contributed by atoms with Crippen molar-refractivity contribution in [2.75, 3.05) is 13.7 Å². The zero-order chi connectivity index (χ0) is 19.9. The van der Waals surface area contributed by atoms with Gasteiger partial charge in [-0.25, -0.2) is 4.79 Å². The lowest BCUT2D eigenvalue weighted by atomic mass is 10.1. The summed E-state index contributed by atoms with van der Waals surface area (Å²) in [7, 11) is 1.61. The van der Waals surface area contributed by atoms with Crippen molar-refractivity contribution in [1.82, 2.24) is 10.2 Å². The summed E-state index contributed by atoms with van der Waals surface area (Å²) in [5.41, 5.74) is 1.87. The van der Waals surface area contributed by atoms with Crippen molar-refractivity contribution in [3.63, 3.8) is 0 Å². The molecule has 1 fully saturated rings. The predicted octanol–water partition coefficient (Wildman–Crippen LogP) is 2.20. The molecule has 4 amide bonds. The average molecular weight is 379 g/mol. The van der Waals surface area contributed by atoms with Crippen LogP contribution in [-0.2, 0) is 22.6 Å². The lowest BCUT2D eigenvalue weighted by Gasteiger charge is -2.28. The second-order valence-corrected chi connectivity index (χ2v) is 6.34. The van der Waals surface area contributed by atoms with Crippen molar-refractivity contribution in [2.24, 2.45) is 10.9 Å². The summed E-state index contributed by atoms with van der Waals surface area (Å²) >= 11 is 0. The van der Waals surface area contributed by atoms with E-state index in [9.17, 15) is 14.4 Å². The minimum Gasteiger partial charge on any atom is -0.497 e. The Kier molecular flexibility index (Phi) is 6.16. The molecule has 3 rings (SSSR count). The largest absolute Gasteiger partial charge is 0.497 e. The number of nitrogens with one attached hydrogen (secondary N) is 1. The minimum atomic E-state index is -1.10. The molecule has 7 nitrogen and oxygen atoms in total. The Morgan fingerprint density at radius 2 is 1.75 bits per heavy atom. The van der Waals surface area contributed by atoms with Gasteiger partial charge in [0.25, 0.3) is 0 Å². The van der Waals surface area contributed by atoms with Crippen LogP contribution < -0.4 is 10.1 Å². The normalized spacial score (nSPS) is 17.1. The first-order chi connectivity index (χ1) is 13.6. The first-order valence-electron chi connectivity index (χ1n) is 8.91. The average Bonchev–Trinajstić information content (AvgIpc) is 2.71. The molecule has 0 bridgehead atoms. The maximum Gasteiger partial charge on any atom is 0.331 e. The molecule has 2 aromatic rings. The highest BCUT2D eigenvalue weighted by Crippen LogP contribution is 2.14. The molecule has 1 N–H and O–H groups in total. The molecule has 1 atom stereocenters. The molecule has 1 heterocycles. The van der Waals surface area contributed by atoms with E-state index in [1.54, 1.807) is 7.11 Å². The Bertz CT molecular complexity index is 878. The van der Waals surface area contributed by atoms with Gasteiger partial charge < -0.3 is 4.74 Å². The van der Waals surface area contributed by atoms with Gasteiger partial charge in [-0.05, 0) is 29.7 Å². The van der Waals surface area contributed by atoms with Crippen molar-refractivity contribution in [1.29, 1.82) is 0 Å². The number of hydrogen-bond donors (Lipinski definition) is 1. The highest BCUT2D eigenvalue weighted by molar-refractivity contribution is 6.23. The molecular weight excluding hydrogens is 358 g/mol. The van der Waals surface area contributed by atoms with E-state index < -0.39 is 23.8 Å². The second-order valence-electron chi connectivity index (χ2n) is 6.34. The molecule has 0 aliphatic carbocycles. The van der Waals surface area contributed by atoms with Gasteiger partial charge in [0, 0.05) is 12.8 Å². The number of hydrogen-bond acceptors (Lipinski definition) is 5. The summed E-state index contributed by atoms with van der Waals surface area (Å²) in [6.07, 6.45) is 1.99. The summed E-state index contributed by atoms with van der Waals surface area (Å²) in [6.45, 7) is 0.533. The number of imide groups is 2. The highest BCUT2D eigenvalue weighted by atomic mass is 16.5. The fraction of sp³-hybridized carbons (Fsp3) is 0.238. The van der Waals surface area contributed by atoms with Crippen molar-refractivity contribution >= 4 is 24.1 Å². The molecule has 28 heavy (non-hydrogen) atoms. The van der Waals surface area contributed by atoms with E-state index in [0.29, 0.717) is 13.0 Å². The van der Waals surface area contributed by atoms with Crippen molar-refractivity contribution in [2.45, 2.75) is 13.0 Å². The molecule has 2 aromatic carbocycles. The highest BCUT2D eigenvalue weighted by Gasteiger charge is 2.39. The standard InChI is InChI=1S/C21H21N3O4/c1-28-17-9-7-15(8-10-17)11-12-22-13-18-19(25)23-21(27)24(20(18)26)14-16-5-3-2-4-6-16/h2-10,13,18H,11-12,14H2,1H3,(H,23,25,27). The van der Waals surface area contributed by atoms with Gasteiger partial charge >= 0.3 is 6.03 Å². The summed E-state index contributed by atoms with van der Waals surface area (Å²) in [4.78, 5) is 42.0. The van der Waals surface area contributed by atoms with Crippen molar-refractivity contribution in [3.05, 3.63) is 65.7 Å². The zero-order valence-electron chi connectivity index (χ0n) is 15.5. The van der Waals surface area contributed by atoms with Gasteiger partial charge in [-0.2, -0.15) is 0 Å². The molecular formula is C21H21N3O4. The number of rotatable bonds is 7. The van der Waals surface area contributed by atoms with E-state index in [1.807, 2.05) is 54.6 Å². The van der Waals surface area contributed by atoms with Crippen LogP contribution in [-0.4, -0.2) is 42.6 Å². The Hall–Kier alpha value is -3.48. The molecule has 1 aliphatic heterocycles. The maximum atomic E-state index is 12.6. The third kappa shape index (κ3) is 4.62. The molecule has 0 aromatic heterocycles. The molecule has 0 spiro atoms. The van der Waals surface area contributed by atoms with Crippen molar-refractivity contribution < 1.29 is 19.1 Å². The monoisotopic (exact) mass is 379 g/mol. The third-order valence-corrected chi connectivity index (χ3v) is 4.42. The number of carbonyl (C=O) groups is 3. The molecule has 7 heteroatoms. The fourth-order valence-electron chi connectivity index (χ4n) is 2.84. The van der Waals surface area contributed by atoms with Crippen molar-refractivity contribution in [3.8, 4) is 5.75 Å². The van der Waals surface area contributed by atoms with Gasteiger partial charge in [0.2, 0.25) is 11.8 Å². The summed E-state index contributed by atoms with van der Waals surface area (Å²) in [6, 6.07) is 16.0. The molecule has 0 saturated carbocycles. The van der Waals surface area contributed by atoms with Gasteiger partial charge in [-0.15, -0.1) is 0 Å². The molecule has 1 unspecified atom stereocenters. The van der Waals surface area contributed by atoms with Crippen LogP contribution in [0.4, 0.5) is 4.79 Å². The van der Waals surface area contributed by atoms with E-state index in [4.69, 9.17) is 4.74 Å². The van der Waals surface area contributed by atoms with Crippen LogP contribution in [0.5, 0.6) is 5.75 Å². The van der Waals surface area contributed by atoms with Gasteiger partial charge in [0.05, 0.1) is 13.7 Å². The van der Waals surface area contributed by atoms with Crippen LogP contribution in [0.25, 0.3) is 0 Å². The fourth-order valence-corrected chi connectivity index (χ4v) is 2.84. The van der Waals surface area contributed by atoms with Gasteiger partial charge in [-0.1, -0.05) is 42.5 Å². The first kappa shape index (κ1) is 19.3. The SMILES string of the molecule is COc1ccc(CCN=CC2C(=O)NC(=O)N(Cc3ccccc3)C2=O)cc1. The third-order valence-electron chi connectivity index (χ3n) is 4.42. The van der Waals surface area contributed by atoms with E-state index in [0.717, 1.165) is 21.8 Å². The molecule has 0 radical (unpaired) electrons. The van der Waals surface area contributed by atoms with Crippen LogP contribution in [0.2, 0.25) is 0 Å². The Morgan fingerprint density at radius 3 is 2.43 bits per heavy atom. The van der Waals surface area contributed by atoms with Crippen LogP contribution in [0.15, 0.2) is 59.6 Å². The summed E-state index contributed by atoms with van der Waals surface area (Å²) < 4.78 is 5.12. The van der Waals surface area contributed by atoms with Gasteiger partial charge in [0.1, 0.15) is 5.75 Å². The predicted molar refractivity (Wildman–Crippen MR) is 104 cm³/mol. The topological polar surface area (TPSA) is 88.1 Å². The number of urea groups is 1. The lowest BCUT2D eigenvalue weighted by Crippen LogP contribution is -2.57. The van der Waals surface area contributed by atoms with Gasteiger partial charge in [-0.3, -0.25) is 24.8 Å². The zero-order valence-corrected chi connectivity index (χ0v) is 15.5. The Morgan fingerprint density at radius 1 is 1.04 bits per heavy atom. The number of benzene rings is 2. The smallest absolute Gasteiger partial charge is 0.331 e. The second kappa shape index (κ2) is 8.94. The Balaban J connectivity index is 1.61. The maximum absolute atomic E-state index is 12.6. The van der Waals surface area contributed by atoms with E-state index in [2.05, 4.69) is 10.3 Å². The lowest BCUT2D eigenvalue weighted by molar-refractivity contribution is -0.139. The summed E-state index contributed by atoms with van der Waals surface area (Å²) in [5.74, 6) is -1.53. The molecule has 1 aliphatic rings. The number of ether oxygens (including phenoxy) is 1. The minimum absolute atomic E-state index is 0.106.